The van der Waals surface area contributed by atoms with E-state index in [0.29, 0.717) is 16.3 Å². The van der Waals surface area contributed by atoms with E-state index in [2.05, 4.69) is 9.97 Å². The Morgan fingerprint density at radius 3 is 2.93 bits per heavy atom. The van der Waals surface area contributed by atoms with Gasteiger partial charge in [-0.15, -0.1) is 11.3 Å². The molecule has 0 radical (unpaired) electrons. The Balaban J connectivity index is 2.46. The van der Waals surface area contributed by atoms with Gasteiger partial charge in [0.15, 0.2) is 11.6 Å². The smallest absolute Gasteiger partial charge is 0.178 e. The minimum absolute atomic E-state index is 0.119. The van der Waals surface area contributed by atoms with Gasteiger partial charge in [-0.2, -0.15) is 0 Å². The lowest BCUT2D eigenvalue weighted by Crippen LogP contribution is -1.92. The Labute approximate surface area is 89.6 Å². The molecule has 0 saturated heterocycles. The van der Waals surface area contributed by atoms with E-state index in [1.807, 2.05) is 0 Å². The second kappa shape index (κ2) is 3.86. The van der Waals surface area contributed by atoms with Gasteiger partial charge in [0.25, 0.3) is 0 Å². The molecule has 0 bridgehead atoms. The quantitative estimate of drug-likeness (QED) is 0.733. The van der Waals surface area contributed by atoms with Crippen LogP contribution in [0.1, 0.15) is 17.4 Å². The van der Waals surface area contributed by atoms with Gasteiger partial charge in [0, 0.05) is 24.1 Å². The normalized spacial score (nSPS) is 10.3. The third-order valence-corrected chi connectivity index (χ3v) is 2.74. The third kappa shape index (κ3) is 1.92. The summed E-state index contributed by atoms with van der Waals surface area (Å²) in [6, 6.07) is 1.54. The molecule has 2 heterocycles. The molecule has 0 spiro atoms. The summed E-state index contributed by atoms with van der Waals surface area (Å²) < 4.78 is 13.3. The number of nitrogens with zero attached hydrogens (tertiary/aromatic N) is 2. The molecule has 0 aromatic carbocycles. The standard InChI is InChI=1S/C10H7FN2OS/c1-6(14)9-5-15-10(13-9)7-2-3-12-4-8(7)11/h2-5H,1H3. The number of hydrogen-bond acceptors (Lipinski definition) is 4. The molecule has 0 fully saturated rings. The molecule has 0 aliphatic heterocycles. The van der Waals surface area contributed by atoms with Crippen LogP contribution in [-0.4, -0.2) is 15.8 Å². The first-order chi connectivity index (χ1) is 7.18. The molecular formula is C10H7FN2OS. The molecule has 0 amide bonds. The molecule has 3 nitrogen and oxygen atoms in total. The van der Waals surface area contributed by atoms with E-state index in [4.69, 9.17) is 0 Å². The highest BCUT2D eigenvalue weighted by Crippen LogP contribution is 2.25. The lowest BCUT2D eigenvalue weighted by molar-refractivity contribution is 0.101. The van der Waals surface area contributed by atoms with Crippen molar-refractivity contribution in [2.45, 2.75) is 6.92 Å². The van der Waals surface area contributed by atoms with Gasteiger partial charge in [0.05, 0.1) is 6.20 Å². The second-order valence-corrected chi connectivity index (χ2v) is 3.81. The minimum atomic E-state index is -0.429. The zero-order valence-electron chi connectivity index (χ0n) is 7.90. The zero-order valence-corrected chi connectivity index (χ0v) is 8.71. The highest BCUT2D eigenvalue weighted by Gasteiger charge is 2.11. The second-order valence-electron chi connectivity index (χ2n) is 2.95. The maximum atomic E-state index is 13.3. The molecule has 0 atom stereocenters. The molecule has 0 unspecified atom stereocenters. The SMILES string of the molecule is CC(=O)c1csc(-c2ccncc2F)n1. The number of hydrogen-bond donors (Lipinski definition) is 0. The Morgan fingerprint density at radius 2 is 2.33 bits per heavy atom. The van der Waals surface area contributed by atoms with Crippen molar-refractivity contribution in [1.82, 2.24) is 9.97 Å². The summed E-state index contributed by atoms with van der Waals surface area (Å²) in [5.41, 5.74) is 0.744. The van der Waals surface area contributed by atoms with Gasteiger partial charge in [0.1, 0.15) is 10.7 Å². The van der Waals surface area contributed by atoms with Crippen LogP contribution in [0.4, 0.5) is 4.39 Å². The molecule has 2 rings (SSSR count). The number of ketones is 1. The highest BCUT2D eigenvalue weighted by molar-refractivity contribution is 7.13. The number of carbonyl (C=O) groups excluding carboxylic acids is 1. The first kappa shape index (κ1) is 9.92. The maximum Gasteiger partial charge on any atom is 0.178 e. The summed E-state index contributed by atoms with van der Waals surface area (Å²) in [6.07, 6.45) is 2.62. The average molecular weight is 222 g/mol. The molecule has 0 aliphatic rings. The van der Waals surface area contributed by atoms with Crippen LogP contribution in [-0.2, 0) is 0 Å². The predicted octanol–water partition coefficient (Wildman–Crippen LogP) is 2.55. The van der Waals surface area contributed by atoms with Crippen molar-refractivity contribution in [2.24, 2.45) is 0 Å². The summed E-state index contributed by atoms with van der Waals surface area (Å²) in [5, 5.41) is 2.12. The summed E-state index contributed by atoms with van der Waals surface area (Å²) in [6.45, 7) is 1.43. The van der Waals surface area contributed by atoms with Crippen LogP contribution in [0.25, 0.3) is 10.6 Å². The van der Waals surface area contributed by atoms with Crippen LogP contribution in [0.15, 0.2) is 23.8 Å². The zero-order chi connectivity index (χ0) is 10.8. The Morgan fingerprint density at radius 1 is 1.53 bits per heavy atom. The number of Topliss-reactive ketones (excluding diaryl/α,β-unsaturated/α-hetero) is 1. The van der Waals surface area contributed by atoms with Crippen LogP contribution in [0, 0.1) is 5.82 Å². The van der Waals surface area contributed by atoms with E-state index in [0.717, 1.165) is 6.20 Å². The largest absolute Gasteiger partial charge is 0.293 e. The number of thiazole rings is 1. The molecule has 76 valence electrons. The monoisotopic (exact) mass is 222 g/mol. The lowest BCUT2D eigenvalue weighted by Gasteiger charge is -1.96. The van der Waals surface area contributed by atoms with Crippen LogP contribution in [0.3, 0.4) is 0 Å². The molecule has 15 heavy (non-hydrogen) atoms. The number of halogens is 1. The van der Waals surface area contributed by atoms with E-state index < -0.39 is 5.82 Å². The fourth-order valence-electron chi connectivity index (χ4n) is 1.11. The molecule has 5 heteroatoms. The van der Waals surface area contributed by atoms with Gasteiger partial charge in [-0.05, 0) is 6.07 Å². The van der Waals surface area contributed by atoms with Crippen molar-refractivity contribution in [1.29, 1.82) is 0 Å². The molecule has 0 saturated carbocycles. The first-order valence-corrected chi connectivity index (χ1v) is 5.13. The minimum Gasteiger partial charge on any atom is -0.293 e. The predicted molar refractivity (Wildman–Crippen MR) is 55.3 cm³/mol. The lowest BCUT2D eigenvalue weighted by atomic mass is 10.2. The van der Waals surface area contributed by atoms with Crippen molar-refractivity contribution in [3.63, 3.8) is 0 Å². The van der Waals surface area contributed by atoms with Gasteiger partial charge in [0.2, 0.25) is 0 Å². The molecular weight excluding hydrogens is 215 g/mol. The average Bonchev–Trinajstić information content (AvgIpc) is 2.67. The van der Waals surface area contributed by atoms with Gasteiger partial charge in [-0.25, -0.2) is 9.37 Å². The van der Waals surface area contributed by atoms with E-state index in [1.54, 1.807) is 5.38 Å². The van der Waals surface area contributed by atoms with E-state index in [1.165, 1.54) is 30.5 Å². The van der Waals surface area contributed by atoms with Crippen molar-refractivity contribution in [3.8, 4) is 10.6 Å². The number of carbonyl (C=O) groups is 1. The van der Waals surface area contributed by atoms with Gasteiger partial charge >= 0.3 is 0 Å². The van der Waals surface area contributed by atoms with Crippen molar-refractivity contribution in [2.75, 3.05) is 0 Å². The van der Waals surface area contributed by atoms with Crippen LogP contribution in [0.5, 0.6) is 0 Å². The summed E-state index contributed by atoms with van der Waals surface area (Å²) in [4.78, 5) is 18.7. The third-order valence-electron chi connectivity index (χ3n) is 1.87. The number of rotatable bonds is 2. The first-order valence-electron chi connectivity index (χ1n) is 4.25. The summed E-state index contributed by atoms with van der Waals surface area (Å²) in [7, 11) is 0. The van der Waals surface area contributed by atoms with E-state index >= 15 is 0 Å². The topological polar surface area (TPSA) is 42.9 Å². The summed E-state index contributed by atoms with van der Waals surface area (Å²) in [5.74, 6) is -0.547. The van der Waals surface area contributed by atoms with Crippen LogP contribution >= 0.6 is 11.3 Å². The van der Waals surface area contributed by atoms with Crippen LogP contribution < -0.4 is 0 Å². The van der Waals surface area contributed by atoms with Crippen molar-refractivity contribution >= 4 is 17.1 Å². The van der Waals surface area contributed by atoms with Gasteiger partial charge in [-0.1, -0.05) is 0 Å². The van der Waals surface area contributed by atoms with Crippen molar-refractivity contribution < 1.29 is 9.18 Å². The highest BCUT2D eigenvalue weighted by atomic mass is 32.1. The fourth-order valence-corrected chi connectivity index (χ4v) is 1.99. The fraction of sp³-hybridized carbons (Fsp3) is 0.100. The molecule has 0 aliphatic carbocycles. The number of aromatic nitrogens is 2. The maximum absolute atomic E-state index is 13.3. The van der Waals surface area contributed by atoms with Crippen molar-refractivity contribution in [3.05, 3.63) is 35.4 Å². The Kier molecular flexibility index (Phi) is 2.55. The van der Waals surface area contributed by atoms with E-state index in [9.17, 15) is 9.18 Å². The summed E-state index contributed by atoms with van der Waals surface area (Å²) >= 11 is 1.25. The number of pyridine rings is 1. The molecule has 2 aromatic heterocycles. The molecule has 0 N–H and O–H groups in total. The molecule has 2 aromatic rings. The van der Waals surface area contributed by atoms with Gasteiger partial charge < -0.3 is 0 Å². The van der Waals surface area contributed by atoms with Gasteiger partial charge in [-0.3, -0.25) is 9.78 Å². The Hall–Kier alpha value is -1.62. The van der Waals surface area contributed by atoms with E-state index in [-0.39, 0.29) is 5.78 Å². The Bertz CT molecular complexity index is 510. The van der Waals surface area contributed by atoms with Crippen LogP contribution in [0.2, 0.25) is 0 Å².